The van der Waals surface area contributed by atoms with E-state index in [9.17, 15) is 9.18 Å². The summed E-state index contributed by atoms with van der Waals surface area (Å²) >= 11 is 0. The number of ketones is 1. The zero-order valence-corrected chi connectivity index (χ0v) is 10.7. The maximum atomic E-state index is 12.9. The summed E-state index contributed by atoms with van der Waals surface area (Å²) in [5, 5.41) is 3.18. The molecule has 0 heterocycles. The quantitative estimate of drug-likeness (QED) is 0.824. The van der Waals surface area contributed by atoms with Crippen LogP contribution in [-0.2, 0) is 4.79 Å². The van der Waals surface area contributed by atoms with E-state index >= 15 is 0 Å². The molecular formula is C14H20FNO. The van der Waals surface area contributed by atoms with Crippen molar-refractivity contribution in [1.82, 2.24) is 5.32 Å². The number of halogens is 1. The van der Waals surface area contributed by atoms with Gasteiger partial charge in [0.2, 0.25) is 0 Å². The highest BCUT2D eigenvalue weighted by Gasteiger charge is 2.22. The molecule has 94 valence electrons. The Labute approximate surface area is 102 Å². The van der Waals surface area contributed by atoms with Gasteiger partial charge in [-0.1, -0.05) is 32.9 Å². The van der Waals surface area contributed by atoms with Crippen LogP contribution in [0, 0.1) is 11.7 Å². The van der Waals surface area contributed by atoms with Crippen molar-refractivity contribution in [2.24, 2.45) is 5.92 Å². The highest BCUT2D eigenvalue weighted by Crippen LogP contribution is 2.20. The van der Waals surface area contributed by atoms with Gasteiger partial charge in [0.25, 0.3) is 0 Å². The Morgan fingerprint density at radius 3 is 2.35 bits per heavy atom. The molecule has 1 atom stereocenters. The first kappa shape index (κ1) is 13.8. The molecule has 1 aromatic carbocycles. The first-order chi connectivity index (χ1) is 8.06. The molecule has 0 spiro atoms. The normalized spacial score (nSPS) is 12.8. The first-order valence-corrected chi connectivity index (χ1v) is 6.06. The maximum Gasteiger partial charge on any atom is 0.144 e. The van der Waals surface area contributed by atoms with Crippen molar-refractivity contribution in [2.45, 2.75) is 26.7 Å². The van der Waals surface area contributed by atoms with Crippen molar-refractivity contribution in [3.63, 3.8) is 0 Å². The van der Waals surface area contributed by atoms with E-state index in [1.54, 1.807) is 12.1 Å². The van der Waals surface area contributed by atoms with E-state index in [1.165, 1.54) is 12.1 Å². The number of nitrogens with one attached hydrogen (secondary N) is 1. The third-order valence-electron chi connectivity index (χ3n) is 2.78. The lowest BCUT2D eigenvalue weighted by molar-refractivity contribution is -0.123. The number of carbonyl (C=O) groups excluding carboxylic acids is 1. The molecule has 0 aromatic heterocycles. The van der Waals surface area contributed by atoms with Gasteiger partial charge < -0.3 is 5.32 Å². The molecule has 0 aliphatic rings. The molecule has 1 aromatic rings. The van der Waals surface area contributed by atoms with E-state index < -0.39 is 0 Å². The van der Waals surface area contributed by atoms with Crippen molar-refractivity contribution in [3.05, 3.63) is 35.6 Å². The van der Waals surface area contributed by atoms with Gasteiger partial charge in [-0.05, 0) is 24.2 Å². The van der Waals surface area contributed by atoms with E-state index in [4.69, 9.17) is 0 Å². The average molecular weight is 237 g/mol. The minimum absolute atomic E-state index is 0.0105. The Morgan fingerprint density at radius 2 is 1.88 bits per heavy atom. The second kappa shape index (κ2) is 6.50. The van der Waals surface area contributed by atoms with Gasteiger partial charge in [-0.3, -0.25) is 4.79 Å². The van der Waals surface area contributed by atoms with Crippen molar-refractivity contribution in [1.29, 1.82) is 0 Å². The largest absolute Gasteiger partial charge is 0.316 e. The number of likely N-dealkylation sites (N-methyl/N-ethyl adjacent to an activating group) is 1. The molecule has 0 fully saturated rings. The fourth-order valence-electron chi connectivity index (χ4n) is 1.77. The summed E-state index contributed by atoms with van der Waals surface area (Å²) in [7, 11) is 0. The van der Waals surface area contributed by atoms with Crippen molar-refractivity contribution < 1.29 is 9.18 Å². The number of rotatable bonds is 6. The number of hydrogen-bond donors (Lipinski definition) is 1. The van der Waals surface area contributed by atoms with Crippen molar-refractivity contribution in [3.8, 4) is 0 Å². The minimum atomic E-state index is -0.270. The summed E-state index contributed by atoms with van der Waals surface area (Å²) in [5.41, 5.74) is 0.881. The van der Waals surface area contributed by atoms with Gasteiger partial charge in [-0.2, -0.15) is 0 Å². The number of hydrogen-bond acceptors (Lipinski definition) is 2. The van der Waals surface area contributed by atoms with Gasteiger partial charge in [-0.15, -0.1) is 0 Å². The number of carbonyl (C=O) groups is 1. The standard InChI is InChI=1S/C14H20FNO/c1-4-16-9-13(14(17)10(2)3)11-5-7-12(15)8-6-11/h5-8,10,13,16H,4,9H2,1-3H3. The Morgan fingerprint density at radius 1 is 1.29 bits per heavy atom. The van der Waals surface area contributed by atoms with Crippen LogP contribution in [0.3, 0.4) is 0 Å². The minimum Gasteiger partial charge on any atom is -0.316 e. The van der Waals surface area contributed by atoms with Crippen LogP contribution in [-0.4, -0.2) is 18.9 Å². The van der Waals surface area contributed by atoms with E-state index in [0.29, 0.717) is 6.54 Å². The molecule has 17 heavy (non-hydrogen) atoms. The lowest BCUT2D eigenvalue weighted by Crippen LogP contribution is -2.29. The Balaban J connectivity index is 2.89. The van der Waals surface area contributed by atoms with Crippen LogP contribution >= 0.6 is 0 Å². The van der Waals surface area contributed by atoms with E-state index in [-0.39, 0.29) is 23.4 Å². The maximum absolute atomic E-state index is 12.9. The second-order valence-electron chi connectivity index (χ2n) is 4.47. The topological polar surface area (TPSA) is 29.1 Å². The molecule has 1 unspecified atom stereocenters. The molecule has 0 saturated carbocycles. The van der Waals surface area contributed by atoms with Gasteiger partial charge >= 0.3 is 0 Å². The summed E-state index contributed by atoms with van der Waals surface area (Å²) in [5.74, 6) is -0.273. The number of Topliss-reactive ketones (excluding diaryl/α,β-unsaturated/α-hetero) is 1. The lowest BCUT2D eigenvalue weighted by Gasteiger charge is -2.18. The highest BCUT2D eigenvalue weighted by molar-refractivity contribution is 5.87. The van der Waals surface area contributed by atoms with Gasteiger partial charge in [0, 0.05) is 12.5 Å². The second-order valence-corrected chi connectivity index (χ2v) is 4.47. The lowest BCUT2D eigenvalue weighted by atomic mass is 9.89. The molecule has 0 bridgehead atoms. The summed E-state index contributed by atoms with van der Waals surface area (Å²) in [6, 6.07) is 6.19. The van der Waals surface area contributed by atoms with E-state index in [1.807, 2.05) is 20.8 Å². The molecular weight excluding hydrogens is 217 g/mol. The molecule has 2 nitrogen and oxygen atoms in total. The average Bonchev–Trinajstić information content (AvgIpc) is 2.31. The third kappa shape index (κ3) is 3.93. The van der Waals surface area contributed by atoms with Crippen LogP contribution in [0.5, 0.6) is 0 Å². The van der Waals surface area contributed by atoms with Gasteiger partial charge in [0.05, 0.1) is 5.92 Å². The predicted molar refractivity (Wildman–Crippen MR) is 67.5 cm³/mol. The smallest absolute Gasteiger partial charge is 0.144 e. The summed E-state index contributed by atoms with van der Waals surface area (Å²) in [4.78, 5) is 12.1. The summed E-state index contributed by atoms with van der Waals surface area (Å²) in [6.07, 6.45) is 0. The van der Waals surface area contributed by atoms with Crippen LogP contribution in [0.2, 0.25) is 0 Å². The van der Waals surface area contributed by atoms with E-state index in [0.717, 1.165) is 12.1 Å². The first-order valence-electron chi connectivity index (χ1n) is 6.06. The molecule has 0 aliphatic carbocycles. The van der Waals surface area contributed by atoms with Crippen LogP contribution in [0.15, 0.2) is 24.3 Å². The predicted octanol–water partition coefficient (Wildman–Crippen LogP) is 2.74. The fraction of sp³-hybridized carbons (Fsp3) is 0.500. The monoisotopic (exact) mass is 237 g/mol. The zero-order chi connectivity index (χ0) is 12.8. The van der Waals surface area contributed by atoms with Crippen LogP contribution < -0.4 is 5.32 Å². The third-order valence-corrected chi connectivity index (χ3v) is 2.78. The summed E-state index contributed by atoms with van der Waals surface area (Å²) < 4.78 is 12.9. The van der Waals surface area contributed by atoms with Crippen LogP contribution in [0.1, 0.15) is 32.3 Å². The molecule has 0 aliphatic heterocycles. The highest BCUT2D eigenvalue weighted by atomic mass is 19.1. The Bertz CT molecular complexity index is 359. The Hall–Kier alpha value is -1.22. The van der Waals surface area contributed by atoms with Gasteiger partial charge in [-0.25, -0.2) is 4.39 Å². The fourth-order valence-corrected chi connectivity index (χ4v) is 1.77. The van der Waals surface area contributed by atoms with Gasteiger partial charge in [0.1, 0.15) is 11.6 Å². The molecule has 0 saturated heterocycles. The molecule has 0 amide bonds. The van der Waals surface area contributed by atoms with Gasteiger partial charge in [0.15, 0.2) is 0 Å². The van der Waals surface area contributed by atoms with Crippen LogP contribution in [0.25, 0.3) is 0 Å². The van der Waals surface area contributed by atoms with Crippen LogP contribution in [0.4, 0.5) is 4.39 Å². The summed E-state index contributed by atoms with van der Waals surface area (Å²) in [6.45, 7) is 7.22. The SMILES string of the molecule is CCNCC(C(=O)C(C)C)c1ccc(F)cc1. The van der Waals surface area contributed by atoms with E-state index in [2.05, 4.69) is 5.32 Å². The zero-order valence-electron chi connectivity index (χ0n) is 10.7. The Kier molecular flexibility index (Phi) is 5.29. The molecule has 1 rings (SSSR count). The number of benzene rings is 1. The molecule has 0 radical (unpaired) electrons. The van der Waals surface area contributed by atoms with Crippen molar-refractivity contribution in [2.75, 3.05) is 13.1 Å². The molecule has 3 heteroatoms. The molecule has 1 N–H and O–H groups in total. The van der Waals surface area contributed by atoms with Crippen molar-refractivity contribution >= 4 is 5.78 Å².